The van der Waals surface area contributed by atoms with Crippen molar-refractivity contribution < 1.29 is 0 Å². The van der Waals surface area contributed by atoms with Crippen molar-refractivity contribution in [2.75, 3.05) is 0 Å². The summed E-state index contributed by atoms with van der Waals surface area (Å²) < 4.78 is 0. The van der Waals surface area contributed by atoms with Crippen molar-refractivity contribution in [3.05, 3.63) is 0 Å². The van der Waals surface area contributed by atoms with Crippen LogP contribution < -0.4 is 0 Å². The lowest BCUT2D eigenvalue weighted by Gasteiger charge is -2.33. The van der Waals surface area contributed by atoms with Crippen molar-refractivity contribution in [1.82, 2.24) is 0 Å². The monoisotopic (exact) mass is 923 g/mol. The van der Waals surface area contributed by atoms with E-state index in [-0.39, 0.29) is 0 Å². The third-order valence-corrected chi connectivity index (χ3v) is 21.4. The highest BCUT2D eigenvalue weighted by Gasteiger charge is 2.59. The Bertz CT molecular complexity index is 1130. The van der Waals surface area contributed by atoms with Crippen LogP contribution in [0.15, 0.2) is 0 Å². The van der Waals surface area contributed by atoms with Crippen LogP contribution in [0.2, 0.25) is 0 Å². The van der Waals surface area contributed by atoms with Gasteiger partial charge in [0.15, 0.2) is 0 Å². The van der Waals surface area contributed by atoms with Crippen molar-refractivity contribution in [3.8, 4) is 0 Å². The zero-order valence-corrected chi connectivity index (χ0v) is 50.5. The molecule has 12 fully saturated rings. The van der Waals surface area contributed by atoms with Crippen LogP contribution in [0.1, 0.15) is 313 Å². The molecule has 4 unspecified atom stereocenters. The minimum Gasteiger partial charge on any atom is -0.0651 e. The van der Waals surface area contributed by atoms with Crippen molar-refractivity contribution >= 4 is 0 Å². The topological polar surface area (TPSA) is 0 Å². The smallest absolute Gasteiger partial charge is 0.0268 e. The van der Waals surface area contributed by atoms with Crippen LogP contribution in [-0.4, -0.2) is 0 Å². The number of hydrogen-bond donors (Lipinski definition) is 0. The molecule has 0 saturated heterocycles. The van der Waals surface area contributed by atoms with Gasteiger partial charge < -0.3 is 0 Å². The normalized spacial score (nSPS) is 36.0. The Balaban J connectivity index is 0.000000249. The number of rotatable bonds is 6. The van der Waals surface area contributed by atoms with Crippen LogP contribution in [0.5, 0.6) is 0 Å². The van der Waals surface area contributed by atoms with E-state index in [0.29, 0.717) is 10.8 Å². The van der Waals surface area contributed by atoms with Crippen LogP contribution in [0.25, 0.3) is 0 Å². The summed E-state index contributed by atoms with van der Waals surface area (Å²) >= 11 is 0. The molecule has 0 N–H and O–H groups in total. The lowest BCUT2D eigenvalue weighted by molar-refractivity contribution is 0.190. The molecule has 0 aromatic carbocycles. The van der Waals surface area contributed by atoms with Crippen LogP contribution in [0, 0.1) is 109 Å². The second kappa shape index (κ2) is 27.2. The fourth-order valence-corrected chi connectivity index (χ4v) is 9.40. The van der Waals surface area contributed by atoms with E-state index in [1.165, 1.54) is 135 Å². The lowest BCUT2D eigenvalue weighted by Crippen LogP contribution is -2.20. The summed E-state index contributed by atoms with van der Waals surface area (Å²) in [5.41, 5.74) is 4.68. The molecule has 12 aliphatic rings. The van der Waals surface area contributed by atoms with Crippen molar-refractivity contribution in [2.45, 2.75) is 313 Å². The van der Waals surface area contributed by atoms with Crippen LogP contribution in [-0.2, 0) is 0 Å². The summed E-state index contributed by atoms with van der Waals surface area (Å²) in [5.74, 6) is 13.7. The minimum absolute atomic E-state index is 0.708. The highest BCUT2D eigenvalue weighted by molar-refractivity contribution is 5.10. The van der Waals surface area contributed by atoms with E-state index < -0.39 is 0 Å². The molecule has 12 rings (SSSR count). The molecule has 0 aromatic heterocycles. The minimum atomic E-state index is 0.708. The first kappa shape index (κ1) is 62.1. The highest BCUT2D eigenvalue weighted by atomic mass is 14.6. The van der Waals surface area contributed by atoms with E-state index in [4.69, 9.17) is 0 Å². The van der Waals surface area contributed by atoms with Crippen LogP contribution >= 0.6 is 0 Å². The van der Waals surface area contributed by atoms with Crippen molar-refractivity contribution in [2.24, 2.45) is 109 Å². The molecule has 7 atom stereocenters. The van der Waals surface area contributed by atoms with Gasteiger partial charge in [-0.25, -0.2) is 0 Å². The fourth-order valence-electron chi connectivity index (χ4n) is 9.40. The Labute approximate surface area is 420 Å². The molecular formula is C66H130. The van der Waals surface area contributed by atoms with E-state index in [0.717, 1.165) is 98.6 Å². The molecule has 0 heterocycles. The average Bonchev–Trinajstić information content (AvgIpc) is 4.00. The quantitative estimate of drug-likeness (QED) is 0.249. The molecule has 12 aliphatic carbocycles. The Morgan fingerprint density at radius 1 is 0.424 bits per heavy atom. The van der Waals surface area contributed by atoms with E-state index in [2.05, 4.69) is 159 Å². The molecular weight excluding hydrogens is 793 g/mol. The SMILES string of the molecule is CC(C)C1CC1.CC1(C)CCC1.CC1C(C)C1C.CC1CC1(C)C.CCC1(C)CC1.CCC1(C)CC1.CCC1CC1C.CCC1CCC1.CCC1C[C@@H]1C.C[C@H]1CC1(C)C.C[C@H]1CC12CC2. The molecule has 1 spiro atoms. The van der Waals surface area contributed by atoms with Crippen molar-refractivity contribution in [1.29, 1.82) is 0 Å². The zero-order chi connectivity index (χ0) is 50.5. The average molecular weight is 924 g/mol. The van der Waals surface area contributed by atoms with Gasteiger partial charge in [-0.15, -0.1) is 0 Å². The van der Waals surface area contributed by atoms with Gasteiger partial charge >= 0.3 is 0 Å². The van der Waals surface area contributed by atoms with Gasteiger partial charge in [0.25, 0.3) is 0 Å². The van der Waals surface area contributed by atoms with Gasteiger partial charge in [-0.05, 0) is 206 Å². The van der Waals surface area contributed by atoms with E-state index in [1.54, 1.807) is 19.3 Å². The second-order valence-electron chi connectivity index (χ2n) is 29.6. The number of hydrogen-bond acceptors (Lipinski definition) is 0. The Morgan fingerprint density at radius 3 is 0.727 bits per heavy atom. The molecule has 12 saturated carbocycles. The Hall–Kier alpha value is 0. The fraction of sp³-hybridized carbons (Fsp3) is 1.00. The predicted molar refractivity (Wildman–Crippen MR) is 301 cm³/mol. The molecule has 0 nitrogen and oxygen atoms in total. The van der Waals surface area contributed by atoms with Gasteiger partial charge in [-0.2, -0.15) is 0 Å². The summed E-state index contributed by atoms with van der Waals surface area (Å²) in [7, 11) is 0. The van der Waals surface area contributed by atoms with Gasteiger partial charge in [-0.3, -0.25) is 0 Å². The summed E-state index contributed by atoms with van der Waals surface area (Å²) in [4.78, 5) is 0. The first-order valence-electron chi connectivity index (χ1n) is 30.5. The highest BCUT2D eigenvalue weighted by Crippen LogP contribution is 2.70. The van der Waals surface area contributed by atoms with Crippen molar-refractivity contribution in [3.63, 3.8) is 0 Å². The molecule has 66 heavy (non-hydrogen) atoms. The molecule has 0 heteroatoms. The molecule has 0 aromatic rings. The predicted octanol–water partition coefficient (Wildman–Crippen LogP) is 22.8. The largest absolute Gasteiger partial charge is 0.0651 e. The maximum Gasteiger partial charge on any atom is -0.0268 e. The Kier molecular flexibility index (Phi) is 25.6. The molecule has 0 amide bonds. The molecule has 0 bridgehead atoms. The molecule has 0 radical (unpaired) electrons. The first-order valence-corrected chi connectivity index (χ1v) is 30.5. The molecule has 394 valence electrons. The molecule has 0 aliphatic heterocycles. The van der Waals surface area contributed by atoms with E-state index in [9.17, 15) is 0 Å². The standard InChI is InChI=1S/C6H10.10C6H12/c1-5-4-6(5)2-3-6;2*1-5-4-6(5,2)3;1-6(2)4-3-5-6;1-5(2)6-3-4-6;1-4-5(2)6(4)3;2*1-3-6(2)4-5-6;2*1-3-6-4-5(6)2;1-2-6-4-3-5-6/h5H,2-4H2,1H3;2*5H,4H2,1-3H3;3-5H2,1-2H3;5-6H,3-4H2,1-2H3;4-6H,1-3H3;2*3-5H2,1-2H3;2*5-6H,3-4H2,1-2H3;6H,2-5H2,1H3/t2*5-;;;;;;;5-,6?;;/m00......0../s1. The zero-order valence-electron chi connectivity index (χ0n) is 50.5. The maximum absolute atomic E-state index is 2.37. The van der Waals surface area contributed by atoms with Gasteiger partial charge in [0.2, 0.25) is 0 Å². The Morgan fingerprint density at radius 2 is 0.727 bits per heavy atom. The van der Waals surface area contributed by atoms with Gasteiger partial charge in [0.1, 0.15) is 0 Å². The summed E-state index contributed by atoms with van der Waals surface area (Å²) in [6.45, 7) is 53.2. The van der Waals surface area contributed by atoms with Crippen LogP contribution in [0.3, 0.4) is 0 Å². The van der Waals surface area contributed by atoms with Gasteiger partial charge in [0, 0.05) is 0 Å². The van der Waals surface area contributed by atoms with Crippen LogP contribution in [0.4, 0.5) is 0 Å². The summed E-state index contributed by atoms with van der Waals surface area (Å²) in [6.07, 6.45) is 35.3. The third-order valence-electron chi connectivity index (χ3n) is 21.4. The first-order chi connectivity index (χ1) is 30.5. The van der Waals surface area contributed by atoms with E-state index in [1.807, 2.05) is 0 Å². The summed E-state index contributed by atoms with van der Waals surface area (Å²) in [6, 6.07) is 0. The second-order valence-corrected chi connectivity index (χ2v) is 29.6. The third kappa shape index (κ3) is 27.0. The van der Waals surface area contributed by atoms with Gasteiger partial charge in [0.05, 0.1) is 0 Å². The lowest BCUT2D eigenvalue weighted by atomic mass is 9.72. The van der Waals surface area contributed by atoms with Gasteiger partial charge in [-0.1, -0.05) is 217 Å². The maximum atomic E-state index is 2.37. The van der Waals surface area contributed by atoms with E-state index >= 15 is 0 Å². The summed E-state index contributed by atoms with van der Waals surface area (Å²) in [5, 5.41) is 0.